The van der Waals surface area contributed by atoms with E-state index in [1.54, 1.807) is 0 Å². The first-order valence-electron chi connectivity index (χ1n) is 5.72. The summed E-state index contributed by atoms with van der Waals surface area (Å²) in [4.78, 5) is 25.1. The smallest absolute Gasteiger partial charge is 0.335 e. The Balaban J connectivity index is 2.20. The normalized spacial score (nSPS) is 10.3. The molecule has 0 spiro atoms. The quantitative estimate of drug-likeness (QED) is 0.518. The molecular formula is C13H9FN2O4S. The first-order chi connectivity index (χ1) is 9.97. The number of carboxylic acid groups (broad SMARTS) is 1. The lowest BCUT2D eigenvalue weighted by atomic mass is 10.2. The fourth-order valence-corrected chi connectivity index (χ4v) is 2.50. The summed E-state index contributed by atoms with van der Waals surface area (Å²) in [6.45, 7) is 0. The van der Waals surface area contributed by atoms with E-state index in [9.17, 15) is 19.3 Å². The zero-order valence-corrected chi connectivity index (χ0v) is 11.3. The Bertz CT molecular complexity index is 708. The van der Waals surface area contributed by atoms with Crippen LogP contribution in [0.3, 0.4) is 0 Å². The molecule has 0 aliphatic carbocycles. The number of pyridine rings is 1. The minimum absolute atomic E-state index is 0.0706. The highest BCUT2D eigenvalue weighted by atomic mass is 32.2. The van der Waals surface area contributed by atoms with Crippen molar-refractivity contribution in [3.8, 4) is 0 Å². The lowest BCUT2D eigenvalue weighted by Crippen LogP contribution is -1.98. The molecule has 21 heavy (non-hydrogen) atoms. The lowest BCUT2D eigenvalue weighted by molar-refractivity contribution is -0.385. The molecule has 2 rings (SSSR count). The van der Waals surface area contributed by atoms with Crippen LogP contribution in [0.25, 0.3) is 0 Å². The first-order valence-corrected chi connectivity index (χ1v) is 6.71. The Morgan fingerprint density at radius 1 is 1.38 bits per heavy atom. The van der Waals surface area contributed by atoms with E-state index in [-0.39, 0.29) is 22.6 Å². The molecular weight excluding hydrogens is 299 g/mol. The van der Waals surface area contributed by atoms with Gasteiger partial charge in [0.15, 0.2) is 0 Å². The van der Waals surface area contributed by atoms with Crippen molar-refractivity contribution < 1.29 is 19.2 Å². The Morgan fingerprint density at radius 2 is 2.14 bits per heavy atom. The minimum Gasteiger partial charge on any atom is -0.478 e. The maximum atomic E-state index is 13.2. The van der Waals surface area contributed by atoms with Crippen LogP contribution in [0.1, 0.15) is 15.9 Å². The van der Waals surface area contributed by atoms with Crippen molar-refractivity contribution in [1.82, 2.24) is 4.98 Å². The van der Waals surface area contributed by atoms with Gasteiger partial charge in [-0.25, -0.2) is 14.2 Å². The summed E-state index contributed by atoms with van der Waals surface area (Å²) in [6, 6.07) is 5.92. The predicted octanol–water partition coefficient (Wildman–Crippen LogP) is 3.12. The van der Waals surface area contributed by atoms with Gasteiger partial charge < -0.3 is 5.11 Å². The molecule has 0 radical (unpaired) electrons. The van der Waals surface area contributed by atoms with Crippen LogP contribution in [0.15, 0.2) is 41.6 Å². The van der Waals surface area contributed by atoms with Crippen LogP contribution in [0, 0.1) is 15.9 Å². The van der Waals surface area contributed by atoms with Crippen LogP contribution < -0.4 is 0 Å². The molecule has 0 bridgehead atoms. The van der Waals surface area contributed by atoms with Gasteiger partial charge in [-0.2, -0.15) is 0 Å². The average molecular weight is 308 g/mol. The van der Waals surface area contributed by atoms with Gasteiger partial charge in [-0.15, -0.1) is 11.8 Å². The highest BCUT2D eigenvalue weighted by Crippen LogP contribution is 2.27. The summed E-state index contributed by atoms with van der Waals surface area (Å²) in [6.07, 6.45) is 1.34. The zero-order valence-electron chi connectivity index (χ0n) is 10.5. The maximum Gasteiger partial charge on any atom is 0.335 e. The van der Waals surface area contributed by atoms with Crippen molar-refractivity contribution in [1.29, 1.82) is 0 Å². The van der Waals surface area contributed by atoms with Gasteiger partial charge >= 0.3 is 5.97 Å². The van der Waals surface area contributed by atoms with Crippen LogP contribution in [-0.2, 0) is 5.75 Å². The number of carbonyl (C=O) groups is 1. The van der Waals surface area contributed by atoms with Gasteiger partial charge in [0.1, 0.15) is 5.82 Å². The van der Waals surface area contributed by atoms with E-state index in [0.717, 1.165) is 30.0 Å². The van der Waals surface area contributed by atoms with Crippen molar-refractivity contribution in [3.63, 3.8) is 0 Å². The Morgan fingerprint density at radius 3 is 2.81 bits per heavy atom. The Kier molecular flexibility index (Phi) is 4.49. The second kappa shape index (κ2) is 6.31. The SMILES string of the molecule is O=C(O)c1ccnc(SCc2cc(F)ccc2[N+](=O)[O-])c1. The van der Waals surface area contributed by atoms with E-state index < -0.39 is 16.7 Å². The molecule has 1 heterocycles. The molecule has 0 saturated carbocycles. The fraction of sp³-hybridized carbons (Fsp3) is 0.0769. The monoisotopic (exact) mass is 308 g/mol. The molecule has 108 valence electrons. The number of nitro benzene ring substituents is 1. The second-order valence-corrected chi connectivity index (χ2v) is 5.00. The van der Waals surface area contributed by atoms with Gasteiger partial charge in [0, 0.05) is 23.6 Å². The highest BCUT2D eigenvalue weighted by Gasteiger charge is 2.15. The predicted molar refractivity (Wildman–Crippen MR) is 73.8 cm³/mol. The van der Waals surface area contributed by atoms with Crippen LogP contribution >= 0.6 is 11.8 Å². The molecule has 0 saturated heterocycles. The Hall–Kier alpha value is -2.48. The summed E-state index contributed by atoms with van der Waals surface area (Å²) >= 11 is 1.10. The average Bonchev–Trinajstić information content (AvgIpc) is 2.45. The molecule has 8 heteroatoms. The molecule has 1 aromatic carbocycles. The minimum atomic E-state index is -1.09. The number of benzene rings is 1. The third-order valence-electron chi connectivity index (χ3n) is 2.60. The molecule has 2 aromatic rings. The number of aromatic nitrogens is 1. The highest BCUT2D eigenvalue weighted by molar-refractivity contribution is 7.98. The van der Waals surface area contributed by atoms with E-state index in [4.69, 9.17) is 5.11 Å². The topological polar surface area (TPSA) is 93.3 Å². The molecule has 6 nitrogen and oxygen atoms in total. The summed E-state index contributed by atoms with van der Waals surface area (Å²) in [7, 11) is 0. The standard InChI is InChI=1S/C13H9FN2O4S/c14-10-1-2-11(16(19)20)9(5-10)7-21-12-6-8(13(17)18)3-4-15-12/h1-6H,7H2,(H,17,18). The third kappa shape index (κ3) is 3.76. The summed E-state index contributed by atoms with van der Waals surface area (Å²) in [5.74, 6) is -1.54. The van der Waals surface area contributed by atoms with Crippen LogP contribution in [0.5, 0.6) is 0 Å². The van der Waals surface area contributed by atoms with Crippen molar-refractivity contribution >= 4 is 23.4 Å². The number of hydrogen-bond acceptors (Lipinski definition) is 5. The van der Waals surface area contributed by atoms with Gasteiger partial charge in [-0.1, -0.05) is 0 Å². The van der Waals surface area contributed by atoms with Crippen LogP contribution in [0.4, 0.5) is 10.1 Å². The number of nitrogens with zero attached hydrogens (tertiary/aromatic N) is 2. The van der Waals surface area contributed by atoms with Gasteiger partial charge in [0.05, 0.1) is 15.5 Å². The van der Waals surface area contributed by atoms with E-state index >= 15 is 0 Å². The van der Waals surface area contributed by atoms with Gasteiger partial charge in [-0.05, 0) is 24.3 Å². The largest absolute Gasteiger partial charge is 0.478 e. The second-order valence-electron chi connectivity index (χ2n) is 4.01. The van der Waals surface area contributed by atoms with Crippen molar-refractivity contribution in [2.75, 3.05) is 0 Å². The number of nitro groups is 1. The maximum absolute atomic E-state index is 13.2. The van der Waals surface area contributed by atoms with E-state index in [1.807, 2.05) is 0 Å². The summed E-state index contributed by atoms with van der Waals surface area (Å²) in [5, 5.41) is 20.1. The molecule has 1 N–H and O–H groups in total. The number of carboxylic acids is 1. The summed E-state index contributed by atoms with van der Waals surface area (Å²) in [5.41, 5.74) is 0.104. The van der Waals surface area contributed by atoms with Crippen molar-refractivity contribution in [2.45, 2.75) is 10.8 Å². The number of rotatable bonds is 5. The van der Waals surface area contributed by atoms with E-state index in [0.29, 0.717) is 5.03 Å². The van der Waals surface area contributed by atoms with Crippen molar-refractivity contribution in [3.05, 3.63) is 63.6 Å². The molecule has 0 atom stereocenters. The molecule has 0 amide bonds. The molecule has 0 fully saturated rings. The molecule has 0 aliphatic rings. The van der Waals surface area contributed by atoms with E-state index in [1.165, 1.54) is 18.3 Å². The zero-order chi connectivity index (χ0) is 15.4. The first kappa shape index (κ1) is 14.9. The number of halogens is 1. The number of aromatic carboxylic acids is 1. The fourth-order valence-electron chi connectivity index (χ4n) is 1.62. The van der Waals surface area contributed by atoms with Gasteiger partial charge in [0.2, 0.25) is 0 Å². The summed E-state index contributed by atoms with van der Waals surface area (Å²) < 4.78 is 13.2. The number of thioether (sulfide) groups is 1. The molecule has 1 aromatic heterocycles. The lowest BCUT2D eigenvalue weighted by Gasteiger charge is -2.04. The number of hydrogen-bond donors (Lipinski definition) is 1. The Labute approximate surface area is 122 Å². The van der Waals surface area contributed by atoms with Gasteiger partial charge in [-0.3, -0.25) is 10.1 Å². The van der Waals surface area contributed by atoms with Crippen LogP contribution in [0.2, 0.25) is 0 Å². The van der Waals surface area contributed by atoms with E-state index in [2.05, 4.69) is 4.98 Å². The van der Waals surface area contributed by atoms with Crippen molar-refractivity contribution in [2.24, 2.45) is 0 Å². The van der Waals surface area contributed by atoms with Crippen LogP contribution in [-0.4, -0.2) is 21.0 Å². The molecule has 0 unspecified atom stereocenters. The third-order valence-corrected chi connectivity index (χ3v) is 3.57. The molecule has 0 aliphatic heterocycles. The van der Waals surface area contributed by atoms with Gasteiger partial charge in [0.25, 0.3) is 5.69 Å².